The Morgan fingerprint density at radius 2 is 2.28 bits per heavy atom. The number of nitrogens with one attached hydrogen (secondary N) is 2. The van der Waals surface area contributed by atoms with Gasteiger partial charge in [0, 0.05) is 13.7 Å². The quantitative estimate of drug-likeness (QED) is 0.798. The van der Waals surface area contributed by atoms with Gasteiger partial charge in [-0.2, -0.15) is 0 Å². The van der Waals surface area contributed by atoms with Crippen LogP contribution in [-0.2, 0) is 9.53 Å². The Bertz CT molecular complexity index is 288. The lowest BCUT2D eigenvalue weighted by molar-refractivity contribution is -0.134. The third-order valence-corrected chi connectivity index (χ3v) is 4.70. The van der Waals surface area contributed by atoms with Crippen molar-refractivity contribution in [2.75, 3.05) is 20.2 Å². The Hall–Kier alpha value is -0.610. The molecule has 2 fully saturated rings. The van der Waals surface area contributed by atoms with E-state index in [4.69, 9.17) is 4.74 Å². The molecule has 3 atom stereocenters. The number of ether oxygens (including phenoxy) is 1. The lowest BCUT2D eigenvalue weighted by Crippen LogP contribution is -2.53. The highest BCUT2D eigenvalue weighted by Crippen LogP contribution is 2.31. The monoisotopic (exact) mass is 254 g/mol. The van der Waals surface area contributed by atoms with Gasteiger partial charge < -0.3 is 15.4 Å². The topological polar surface area (TPSA) is 50.4 Å². The highest BCUT2D eigenvalue weighted by atomic mass is 16.5. The van der Waals surface area contributed by atoms with E-state index in [1.54, 1.807) is 7.11 Å². The van der Waals surface area contributed by atoms with Crippen LogP contribution in [0, 0.1) is 5.41 Å². The fourth-order valence-electron chi connectivity index (χ4n) is 3.32. The fraction of sp³-hybridized carbons (Fsp3) is 0.929. The summed E-state index contributed by atoms with van der Waals surface area (Å²) in [5.74, 6) is 0.228. The Morgan fingerprint density at radius 3 is 2.89 bits per heavy atom. The maximum atomic E-state index is 12.6. The molecule has 1 saturated heterocycles. The predicted molar refractivity (Wildman–Crippen MR) is 71.4 cm³/mol. The van der Waals surface area contributed by atoms with Crippen molar-refractivity contribution in [3.8, 4) is 0 Å². The molecule has 18 heavy (non-hydrogen) atoms. The van der Waals surface area contributed by atoms with E-state index >= 15 is 0 Å². The maximum Gasteiger partial charge on any atom is 0.227 e. The third kappa shape index (κ3) is 2.69. The van der Waals surface area contributed by atoms with Crippen LogP contribution in [0.25, 0.3) is 0 Å². The second-order valence-electron chi connectivity index (χ2n) is 5.70. The molecule has 4 heteroatoms. The molecule has 0 spiro atoms. The zero-order chi connectivity index (χ0) is 13.0. The standard InChI is InChI=1S/C14H26N2O2/c1-3-14(8-5-9-15-10-14)13(17)16-11-6-4-7-12(11)18-2/h11-12,15H,3-10H2,1-2H3,(H,16,17). The molecule has 4 nitrogen and oxygen atoms in total. The van der Waals surface area contributed by atoms with E-state index in [2.05, 4.69) is 17.6 Å². The fourth-order valence-corrected chi connectivity index (χ4v) is 3.32. The minimum absolute atomic E-state index is 0.195. The van der Waals surface area contributed by atoms with Crippen molar-refractivity contribution in [1.82, 2.24) is 10.6 Å². The van der Waals surface area contributed by atoms with E-state index in [9.17, 15) is 4.79 Å². The third-order valence-electron chi connectivity index (χ3n) is 4.70. The first-order chi connectivity index (χ1) is 8.72. The molecular weight excluding hydrogens is 228 g/mol. The molecule has 2 N–H and O–H groups in total. The molecule has 0 bridgehead atoms. The molecule has 1 heterocycles. The minimum Gasteiger partial charge on any atom is -0.379 e. The Morgan fingerprint density at radius 1 is 1.44 bits per heavy atom. The van der Waals surface area contributed by atoms with Crippen LogP contribution in [-0.4, -0.2) is 38.3 Å². The van der Waals surface area contributed by atoms with Crippen molar-refractivity contribution >= 4 is 5.91 Å². The van der Waals surface area contributed by atoms with Gasteiger partial charge in [-0.15, -0.1) is 0 Å². The predicted octanol–water partition coefficient (Wildman–Crippen LogP) is 1.45. The number of rotatable bonds is 4. The second kappa shape index (κ2) is 6.02. The number of carbonyl (C=O) groups is 1. The van der Waals surface area contributed by atoms with Crippen LogP contribution in [0.15, 0.2) is 0 Å². The van der Waals surface area contributed by atoms with Crippen LogP contribution in [0.4, 0.5) is 0 Å². The first kappa shape index (κ1) is 13.8. The van der Waals surface area contributed by atoms with Gasteiger partial charge in [0.2, 0.25) is 5.91 Å². The van der Waals surface area contributed by atoms with Gasteiger partial charge in [0.1, 0.15) is 0 Å². The number of methoxy groups -OCH3 is 1. The second-order valence-corrected chi connectivity index (χ2v) is 5.70. The molecule has 1 amide bonds. The Kier molecular flexibility index (Phi) is 4.62. The van der Waals surface area contributed by atoms with E-state index < -0.39 is 0 Å². The van der Waals surface area contributed by atoms with Crippen LogP contribution in [0.5, 0.6) is 0 Å². The van der Waals surface area contributed by atoms with E-state index in [1.165, 1.54) is 0 Å². The molecule has 0 aromatic carbocycles. The summed E-state index contributed by atoms with van der Waals surface area (Å²) in [5.41, 5.74) is -0.195. The summed E-state index contributed by atoms with van der Waals surface area (Å²) in [6.45, 7) is 3.98. The van der Waals surface area contributed by atoms with Crippen LogP contribution in [0.1, 0.15) is 45.4 Å². The number of hydrogen-bond donors (Lipinski definition) is 2. The molecule has 1 aliphatic carbocycles. The molecule has 1 saturated carbocycles. The number of amides is 1. The summed E-state index contributed by atoms with van der Waals surface area (Å²) in [4.78, 5) is 12.6. The molecule has 2 aliphatic rings. The van der Waals surface area contributed by atoms with Crippen molar-refractivity contribution in [2.24, 2.45) is 5.41 Å². The van der Waals surface area contributed by atoms with Crippen LogP contribution in [0.3, 0.4) is 0 Å². The molecule has 1 aliphatic heterocycles. The van der Waals surface area contributed by atoms with Gasteiger partial charge >= 0.3 is 0 Å². The highest BCUT2D eigenvalue weighted by Gasteiger charge is 2.40. The van der Waals surface area contributed by atoms with Gasteiger partial charge in [0.15, 0.2) is 0 Å². The first-order valence-electron chi connectivity index (χ1n) is 7.26. The lowest BCUT2D eigenvalue weighted by atomic mass is 9.77. The molecule has 2 rings (SSSR count). The molecular formula is C14H26N2O2. The number of hydrogen-bond acceptors (Lipinski definition) is 3. The minimum atomic E-state index is -0.195. The number of carbonyl (C=O) groups excluding carboxylic acids is 1. The lowest BCUT2D eigenvalue weighted by Gasteiger charge is -2.36. The van der Waals surface area contributed by atoms with Crippen molar-refractivity contribution in [3.63, 3.8) is 0 Å². The number of piperidine rings is 1. The zero-order valence-electron chi connectivity index (χ0n) is 11.6. The average Bonchev–Trinajstić information content (AvgIpc) is 2.86. The van der Waals surface area contributed by atoms with E-state index in [0.29, 0.717) is 0 Å². The van der Waals surface area contributed by atoms with Crippen molar-refractivity contribution in [3.05, 3.63) is 0 Å². The normalized spacial score (nSPS) is 36.6. The van der Waals surface area contributed by atoms with Crippen molar-refractivity contribution < 1.29 is 9.53 Å². The van der Waals surface area contributed by atoms with Gasteiger partial charge in [0.05, 0.1) is 17.6 Å². The van der Waals surface area contributed by atoms with E-state index in [-0.39, 0.29) is 23.5 Å². The molecule has 104 valence electrons. The first-order valence-corrected chi connectivity index (χ1v) is 7.26. The van der Waals surface area contributed by atoms with E-state index in [0.717, 1.165) is 51.6 Å². The summed E-state index contributed by atoms with van der Waals surface area (Å²) < 4.78 is 5.45. The van der Waals surface area contributed by atoms with Crippen LogP contribution < -0.4 is 10.6 Å². The molecule has 3 unspecified atom stereocenters. The van der Waals surface area contributed by atoms with E-state index in [1.807, 2.05) is 0 Å². The van der Waals surface area contributed by atoms with Crippen molar-refractivity contribution in [2.45, 2.75) is 57.6 Å². The van der Waals surface area contributed by atoms with Crippen LogP contribution >= 0.6 is 0 Å². The van der Waals surface area contributed by atoms with Gasteiger partial charge in [-0.1, -0.05) is 6.92 Å². The van der Waals surface area contributed by atoms with Gasteiger partial charge in [-0.25, -0.2) is 0 Å². The molecule has 0 radical (unpaired) electrons. The Labute approximate surface area is 110 Å². The largest absolute Gasteiger partial charge is 0.379 e. The van der Waals surface area contributed by atoms with Gasteiger partial charge in [0.25, 0.3) is 0 Å². The maximum absolute atomic E-state index is 12.6. The molecule has 0 aromatic rings. The van der Waals surface area contributed by atoms with Gasteiger partial charge in [-0.05, 0) is 45.1 Å². The highest BCUT2D eigenvalue weighted by molar-refractivity contribution is 5.83. The smallest absolute Gasteiger partial charge is 0.227 e. The SMILES string of the molecule is CCC1(C(=O)NC2CCCC2OC)CCCNC1. The van der Waals surface area contributed by atoms with Crippen LogP contribution in [0.2, 0.25) is 0 Å². The summed E-state index contributed by atoms with van der Waals surface area (Å²) in [6.07, 6.45) is 6.50. The van der Waals surface area contributed by atoms with Gasteiger partial charge in [-0.3, -0.25) is 4.79 Å². The molecule has 0 aromatic heterocycles. The summed E-state index contributed by atoms with van der Waals surface area (Å²) in [6, 6.07) is 0.216. The summed E-state index contributed by atoms with van der Waals surface area (Å²) in [7, 11) is 1.74. The zero-order valence-corrected chi connectivity index (χ0v) is 11.6. The summed E-state index contributed by atoms with van der Waals surface area (Å²) >= 11 is 0. The average molecular weight is 254 g/mol. The summed E-state index contributed by atoms with van der Waals surface area (Å²) in [5, 5.41) is 6.60. The Balaban J connectivity index is 1.97. The van der Waals surface area contributed by atoms with Crippen molar-refractivity contribution in [1.29, 1.82) is 0 Å².